The third-order valence-electron chi connectivity index (χ3n) is 4.76. The van der Waals surface area contributed by atoms with Crippen molar-refractivity contribution in [2.45, 2.75) is 13.0 Å². The molecule has 2 N–H and O–H groups in total. The van der Waals surface area contributed by atoms with E-state index in [0.717, 1.165) is 11.3 Å². The summed E-state index contributed by atoms with van der Waals surface area (Å²) in [5.41, 5.74) is 2.35. The summed E-state index contributed by atoms with van der Waals surface area (Å²) in [6.45, 7) is 3.89. The molecule has 1 aliphatic heterocycles. The average Bonchev–Trinajstić information content (AvgIpc) is 2.68. The first-order valence-corrected chi connectivity index (χ1v) is 8.78. The van der Waals surface area contributed by atoms with E-state index < -0.39 is 11.0 Å². The smallest absolute Gasteiger partial charge is 0.407 e. The van der Waals surface area contributed by atoms with E-state index in [-0.39, 0.29) is 11.7 Å². The van der Waals surface area contributed by atoms with Gasteiger partial charge in [-0.25, -0.2) is 4.79 Å². The van der Waals surface area contributed by atoms with E-state index in [2.05, 4.69) is 5.32 Å². The number of nitro groups is 1. The van der Waals surface area contributed by atoms with Crippen molar-refractivity contribution in [2.75, 3.05) is 36.4 Å². The lowest BCUT2D eigenvalue weighted by Crippen LogP contribution is -2.48. The molecule has 1 unspecified atom stereocenters. The van der Waals surface area contributed by atoms with Gasteiger partial charge < -0.3 is 20.2 Å². The quantitative estimate of drug-likeness (QED) is 0.617. The SMILES string of the molecule is CC(Nc1cc(N2CCN(C(=O)O)CC2)ccc1[N+](=O)[O-])c1ccccc1. The van der Waals surface area contributed by atoms with Crippen LogP contribution in [0.2, 0.25) is 0 Å². The minimum absolute atomic E-state index is 0.0192. The number of piperazine rings is 1. The number of benzene rings is 2. The molecule has 1 saturated heterocycles. The predicted octanol–water partition coefficient (Wildman–Crippen LogP) is 3.57. The van der Waals surface area contributed by atoms with Crippen molar-refractivity contribution in [3.63, 3.8) is 0 Å². The van der Waals surface area contributed by atoms with Crippen molar-refractivity contribution in [1.82, 2.24) is 4.90 Å². The van der Waals surface area contributed by atoms with Gasteiger partial charge in [-0.3, -0.25) is 10.1 Å². The van der Waals surface area contributed by atoms with Crippen LogP contribution in [0.1, 0.15) is 18.5 Å². The molecule has 2 aromatic rings. The molecule has 27 heavy (non-hydrogen) atoms. The van der Waals surface area contributed by atoms with Crippen LogP contribution < -0.4 is 10.2 Å². The molecule has 8 nitrogen and oxygen atoms in total. The number of rotatable bonds is 5. The fourth-order valence-corrected chi connectivity index (χ4v) is 3.21. The second-order valence-electron chi connectivity index (χ2n) is 6.49. The van der Waals surface area contributed by atoms with Crippen LogP contribution in [0.5, 0.6) is 0 Å². The van der Waals surface area contributed by atoms with Crippen molar-refractivity contribution in [3.05, 3.63) is 64.2 Å². The van der Waals surface area contributed by atoms with E-state index in [1.54, 1.807) is 12.1 Å². The maximum Gasteiger partial charge on any atom is 0.407 e. The fourth-order valence-electron chi connectivity index (χ4n) is 3.21. The Morgan fingerprint density at radius 3 is 2.41 bits per heavy atom. The molecule has 2 aromatic carbocycles. The molecule has 142 valence electrons. The number of nitrogens with zero attached hydrogens (tertiary/aromatic N) is 3. The van der Waals surface area contributed by atoms with Crippen molar-refractivity contribution < 1.29 is 14.8 Å². The normalized spacial score (nSPS) is 15.3. The van der Waals surface area contributed by atoms with Gasteiger partial charge in [-0.05, 0) is 24.6 Å². The molecular formula is C19H22N4O4. The Hall–Kier alpha value is -3.29. The van der Waals surface area contributed by atoms with Gasteiger partial charge in [0.15, 0.2) is 0 Å². The molecule has 3 rings (SSSR count). The third kappa shape index (κ3) is 4.28. The van der Waals surface area contributed by atoms with E-state index in [9.17, 15) is 14.9 Å². The largest absolute Gasteiger partial charge is 0.465 e. The Morgan fingerprint density at radius 2 is 1.81 bits per heavy atom. The number of hydrogen-bond donors (Lipinski definition) is 2. The van der Waals surface area contributed by atoms with Crippen LogP contribution in [0, 0.1) is 10.1 Å². The second kappa shape index (κ2) is 7.94. The van der Waals surface area contributed by atoms with E-state index in [1.807, 2.05) is 42.2 Å². The Bertz CT molecular complexity index is 820. The lowest BCUT2D eigenvalue weighted by molar-refractivity contribution is -0.384. The van der Waals surface area contributed by atoms with Crippen LogP contribution >= 0.6 is 0 Å². The number of carbonyl (C=O) groups is 1. The zero-order valence-electron chi connectivity index (χ0n) is 15.0. The number of amides is 1. The molecule has 1 atom stereocenters. The highest BCUT2D eigenvalue weighted by atomic mass is 16.6. The zero-order valence-corrected chi connectivity index (χ0v) is 15.0. The summed E-state index contributed by atoms with van der Waals surface area (Å²) in [7, 11) is 0. The molecule has 1 aliphatic rings. The van der Waals surface area contributed by atoms with E-state index in [1.165, 1.54) is 11.0 Å². The van der Waals surface area contributed by atoms with Gasteiger partial charge in [-0.15, -0.1) is 0 Å². The number of nitro benzene ring substituents is 1. The maximum atomic E-state index is 11.4. The third-order valence-corrected chi connectivity index (χ3v) is 4.76. The highest BCUT2D eigenvalue weighted by molar-refractivity contribution is 5.70. The van der Waals surface area contributed by atoms with E-state index in [0.29, 0.717) is 31.9 Å². The van der Waals surface area contributed by atoms with Gasteiger partial charge in [0.2, 0.25) is 0 Å². The molecule has 0 saturated carbocycles. The molecule has 0 aromatic heterocycles. The summed E-state index contributed by atoms with van der Waals surface area (Å²) >= 11 is 0. The van der Waals surface area contributed by atoms with Crippen molar-refractivity contribution in [3.8, 4) is 0 Å². The molecule has 1 heterocycles. The van der Waals surface area contributed by atoms with Gasteiger partial charge in [0, 0.05) is 44.0 Å². The summed E-state index contributed by atoms with van der Waals surface area (Å²) in [6, 6.07) is 14.6. The van der Waals surface area contributed by atoms with Crippen LogP contribution in [-0.2, 0) is 0 Å². The Morgan fingerprint density at radius 1 is 1.15 bits per heavy atom. The van der Waals surface area contributed by atoms with Crippen LogP contribution in [0.3, 0.4) is 0 Å². The van der Waals surface area contributed by atoms with E-state index in [4.69, 9.17) is 5.11 Å². The number of anilines is 2. The lowest BCUT2D eigenvalue weighted by Gasteiger charge is -2.34. The highest BCUT2D eigenvalue weighted by Gasteiger charge is 2.23. The molecule has 8 heteroatoms. The first-order valence-electron chi connectivity index (χ1n) is 8.78. The Kier molecular flexibility index (Phi) is 5.44. The Balaban J connectivity index is 1.81. The monoisotopic (exact) mass is 370 g/mol. The molecule has 0 spiro atoms. The number of carboxylic acid groups (broad SMARTS) is 1. The molecule has 1 fully saturated rings. The van der Waals surface area contributed by atoms with Crippen molar-refractivity contribution in [2.24, 2.45) is 0 Å². The molecule has 1 amide bonds. The van der Waals surface area contributed by atoms with Crippen molar-refractivity contribution in [1.29, 1.82) is 0 Å². The van der Waals surface area contributed by atoms with Gasteiger partial charge in [-0.2, -0.15) is 0 Å². The van der Waals surface area contributed by atoms with Gasteiger partial charge in [0.1, 0.15) is 5.69 Å². The number of hydrogen-bond acceptors (Lipinski definition) is 5. The predicted molar refractivity (Wildman–Crippen MR) is 103 cm³/mol. The fraction of sp³-hybridized carbons (Fsp3) is 0.316. The first kappa shape index (κ1) is 18.5. The minimum Gasteiger partial charge on any atom is -0.465 e. The highest BCUT2D eigenvalue weighted by Crippen LogP contribution is 2.32. The summed E-state index contributed by atoms with van der Waals surface area (Å²) in [4.78, 5) is 25.5. The van der Waals surface area contributed by atoms with Crippen LogP contribution in [0.15, 0.2) is 48.5 Å². The van der Waals surface area contributed by atoms with Crippen LogP contribution in [0.25, 0.3) is 0 Å². The standard InChI is InChI=1S/C19H22N4O4/c1-14(15-5-3-2-4-6-15)20-17-13-16(7-8-18(17)23(26)27)21-9-11-22(12-10-21)19(24)25/h2-8,13-14,20H,9-12H2,1H3,(H,24,25). The summed E-state index contributed by atoms with van der Waals surface area (Å²) in [5.74, 6) is 0. The molecule has 0 aliphatic carbocycles. The summed E-state index contributed by atoms with van der Waals surface area (Å²) < 4.78 is 0. The second-order valence-corrected chi connectivity index (χ2v) is 6.49. The van der Waals surface area contributed by atoms with Gasteiger partial charge in [0.05, 0.1) is 4.92 Å². The average molecular weight is 370 g/mol. The van der Waals surface area contributed by atoms with Crippen LogP contribution in [-0.4, -0.2) is 47.2 Å². The Labute approximate surface area is 157 Å². The summed E-state index contributed by atoms with van der Waals surface area (Å²) in [6.07, 6.45) is -0.919. The lowest BCUT2D eigenvalue weighted by atomic mass is 10.1. The van der Waals surface area contributed by atoms with Gasteiger partial charge in [0.25, 0.3) is 5.69 Å². The van der Waals surface area contributed by atoms with E-state index >= 15 is 0 Å². The summed E-state index contributed by atoms with van der Waals surface area (Å²) in [5, 5.41) is 23.7. The van der Waals surface area contributed by atoms with Gasteiger partial charge in [-0.1, -0.05) is 30.3 Å². The first-order chi connectivity index (χ1) is 13.0. The maximum absolute atomic E-state index is 11.4. The number of nitrogens with one attached hydrogen (secondary N) is 1. The molecule has 0 bridgehead atoms. The van der Waals surface area contributed by atoms with Crippen molar-refractivity contribution >= 4 is 23.2 Å². The van der Waals surface area contributed by atoms with Crippen LogP contribution in [0.4, 0.5) is 21.9 Å². The topological polar surface area (TPSA) is 99.0 Å². The molecular weight excluding hydrogens is 348 g/mol. The zero-order chi connectivity index (χ0) is 19.4. The van der Waals surface area contributed by atoms with Gasteiger partial charge >= 0.3 is 6.09 Å². The molecule has 0 radical (unpaired) electrons. The minimum atomic E-state index is -0.919.